The van der Waals surface area contributed by atoms with Gasteiger partial charge in [-0.15, -0.1) is 0 Å². The van der Waals surface area contributed by atoms with E-state index in [1.54, 1.807) is 24.3 Å². The third kappa shape index (κ3) is 4.96. The fourth-order valence-electron chi connectivity index (χ4n) is 2.81. The highest BCUT2D eigenvalue weighted by atomic mass is 16.5. The summed E-state index contributed by atoms with van der Waals surface area (Å²) in [5, 5.41) is 11.5. The van der Waals surface area contributed by atoms with E-state index in [2.05, 4.69) is 19.2 Å². The first-order chi connectivity index (χ1) is 11.0. The summed E-state index contributed by atoms with van der Waals surface area (Å²) < 4.78 is 10.8. The van der Waals surface area contributed by atoms with Gasteiger partial charge in [0.1, 0.15) is 5.75 Å². The number of hydrogen-bond acceptors (Lipinski definition) is 4. The lowest BCUT2D eigenvalue weighted by molar-refractivity contribution is -0.139. The molecular formula is C17H23NO5. The Morgan fingerprint density at radius 3 is 2.91 bits per heavy atom. The predicted octanol–water partition coefficient (Wildman–Crippen LogP) is 1.94. The summed E-state index contributed by atoms with van der Waals surface area (Å²) in [5.41, 5.74) is 0.452. The Morgan fingerprint density at radius 2 is 2.22 bits per heavy atom. The van der Waals surface area contributed by atoms with Crippen molar-refractivity contribution in [3.05, 3.63) is 29.8 Å². The maximum atomic E-state index is 12.2. The van der Waals surface area contributed by atoms with Crippen LogP contribution in [0.25, 0.3) is 0 Å². The average molecular weight is 321 g/mol. The van der Waals surface area contributed by atoms with Crippen molar-refractivity contribution in [1.82, 2.24) is 5.32 Å². The van der Waals surface area contributed by atoms with Gasteiger partial charge in [-0.1, -0.05) is 19.9 Å². The third-order valence-corrected chi connectivity index (χ3v) is 3.90. The second kappa shape index (κ2) is 7.97. The molecule has 0 aromatic heterocycles. The number of benzene rings is 1. The number of aliphatic carboxylic acids is 1. The van der Waals surface area contributed by atoms with Crippen molar-refractivity contribution >= 4 is 11.9 Å². The first-order valence-electron chi connectivity index (χ1n) is 7.82. The van der Waals surface area contributed by atoms with Gasteiger partial charge in [0.05, 0.1) is 6.10 Å². The molecular weight excluding hydrogens is 298 g/mol. The van der Waals surface area contributed by atoms with Crippen LogP contribution >= 0.6 is 0 Å². The molecule has 0 spiro atoms. The second-order valence-electron chi connectivity index (χ2n) is 6.05. The van der Waals surface area contributed by atoms with Crippen LogP contribution in [0, 0.1) is 11.8 Å². The second-order valence-corrected chi connectivity index (χ2v) is 6.05. The maximum Gasteiger partial charge on any atom is 0.341 e. The van der Waals surface area contributed by atoms with Gasteiger partial charge in [0.2, 0.25) is 0 Å². The molecule has 2 atom stereocenters. The molecule has 0 bridgehead atoms. The summed E-state index contributed by atoms with van der Waals surface area (Å²) in [6.45, 7) is 5.12. The van der Waals surface area contributed by atoms with Crippen LogP contribution in [0.15, 0.2) is 24.3 Å². The maximum absolute atomic E-state index is 12.2. The molecule has 126 valence electrons. The standard InChI is InChI=1S/C17H23NO5/c1-11(2)16-13(6-7-22-16)9-18-17(21)12-4-3-5-14(8-12)23-10-15(19)20/h3-5,8,11,13,16H,6-7,9-10H2,1-2H3,(H,18,21)(H,19,20). The van der Waals surface area contributed by atoms with Crippen molar-refractivity contribution in [2.75, 3.05) is 19.8 Å². The van der Waals surface area contributed by atoms with E-state index in [0.717, 1.165) is 13.0 Å². The molecule has 1 heterocycles. The number of carbonyl (C=O) groups excluding carboxylic acids is 1. The first-order valence-corrected chi connectivity index (χ1v) is 7.82. The topological polar surface area (TPSA) is 84.9 Å². The van der Waals surface area contributed by atoms with Gasteiger partial charge in [0.25, 0.3) is 5.91 Å². The number of amides is 1. The Morgan fingerprint density at radius 1 is 1.43 bits per heavy atom. The van der Waals surface area contributed by atoms with Crippen molar-refractivity contribution in [3.63, 3.8) is 0 Å². The number of nitrogens with one attached hydrogen (secondary N) is 1. The van der Waals surface area contributed by atoms with E-state index in [-0.39, 0.29) is 12.0 Å². The van der Waals surface area contributed by atoms with E-state index < -0.39 is 12.6 Å². The van der Waals surface area contributed by atoms with Gasteiger partial charge in [-0.3, -0.25) is 4.79 Å². The van der Waals surface area contributed by atoms with Gasteiger partial charge in [-0.2, -0.15) is 0 Å². The van der Waals surface area contributed by atoms with Gasteiger partial charge in [0, 0.05) is 24.6 Å². The van der Waals surface area contributed by atoms with E-state index in [0.29, 0.717) is 29.7 Å². The lowest BCUT2D eigenvalue weighted by Crippen LogP contribution is -2.34. The smallest absolute Gasteiger partial charge is 0.341 e. The van der Waals surface area contributed by atoms with Crippen molar-refractivity contribution in [2.24, 2.45) is 11.8 Å². The minimum Gasteiger partial charge on any atom is -0.482 e. The van der Waals surface area contributed by atoms with Crippen molar-refractivity contribution in [2.45, 2.75) is 26.4 Å². The van der Waals surface area contributed by atoms with E-state index >= 15 is 0 Å². The third-order valence-electron chi connectivity index (χ3n) is 3.90. The molecule has 1 fully saturated rings. The van der Waals surface area contributed by atoms with E-state index in [1.807, 2.05) is 0 Å². The lowest BCUT2D eigenvalue weighted by Gasteiger charge is -2.22. The molecule has 6 heteroatoms. The summed E-state index contributed by atoms with van der Waals surface area (Å²) in [6, 6.07) is 6.51. The predicted molar refractivity (Wildman–Crippen MR) is 84.6 cm³/mol. The summed E-state index contributed by atoms with van der Waals surface area (Å²) >= 11 is 0. The van der Waals surface area contributed by atoms with Gasteiger partial charge in [0.15, 0.2) is 6.61 Å². The zero-order chi connectivity index (χ0) is 16.8. The zero-order valence-electron chi connectivity index (χ0n) is 13.5. The van der Waals surface area contributed by atoms with Gasteiger partial charge < -0.3 is 19.9 Å². The number of hydrogen-bond donors (Lipinski definition) is 2. The number of carbonyl (C=O) groups is 2. The molecule has 1 aliphatic heterocycles. The monoisotopic (exact) mass is 321 g/mol. The molecule has 2 N–H and O–H groups in total. The average Bonchev–Trinajstić information content (AvgIpc) is 2.99. The Balaban J connectivity index is 1.90. The highest BCUT2D eigenvalue weighted by Gasteiger charge is 2.30. The molecule has 1 aliphatic rings. The van der Waals surface area contributed by atoms with Gasteiger partial charge >= 0.3 is 5.97 Å². The fraction of sp³-hybridized carbons (Fsp3) is 0.529. The van der Waals surface area contributed by atoms with Crippen molar-refractivity contribution in [1.29, 1.82) is 0 Å². The molecule has 1 aromatic rings. The largest absolute Gasteiger partial charge is 0.482 e. The Bertz CT molecular complexity index is 558. The minimum atomic E-state index is -1.05. The normalized spacial score (nSPS) is 20.5. The van der Waals surface area contributed by atoms with Crippen LogP contribution in [0.1, 0.15) is 30.6 Å². The number of carboxylic acid groups (broad SMARTS) is 1. The lowest BCUT2D eigenvalue weighted by atomic mass is 9.93. The fourth-order valence-corrected chi connectivity index (χ4v) is 2.81. The molecule has 2 unspecified atom stereocenters. The molecule has 1 amide bonds. The van der Waals surface area contributed by atoms with Crippen molar-refractivity contribution < 1.29 is 24.2 Å². The minimum absolute atomic E-state index is 0.181. The Hall–Kier alpha value is -2.08. The molecule has 23 heavy (non-hydrogen) atoms. The molecule has 2 rings (SSSR count). The Labute approximate surface area is 135 Å². The summed E-state index contributed by atoms with van der Waals surface area (Å²) in [4.78, 5) is 22.8. The Kier molecular flexibility index (Phi) is 5.98. The number of ether oxygens (including phenoxy) is 2. The highest BCUT2D eigenvalue weighted by Crippen LogP contribution is 2.26. The molecule has 0 radical (unpaired) electrons. The first kappa shape index (κ1) is 17.3. The highest BCUT2D eigenvalue weighted by molar-refractivity contribution is 5.94. The quantitative estimate of drug-likeness (QED) is 0.802. The molecule has 6 nitrogen and oxygen atoms in total. The van der Waals surface area contributed by atoms with Crippen LogP contribution in [0.2, 0.25) is 0 Å². The summed E-state index contributed by atoms with van der Waals surface area (Å²) in [7, 11) is 0. The van der Waals surface area contributed by atoms with Gasteiger partial charge in [-0.05, 0) is 30.5 Å². The van der Waals surface area contributed by atoms with E-state index in [9.17, 15) is 9.59 Å². The number of carboxylic acids is 1. The number of rotatable bonds is 7. The van der Waals surface area contributed by atoms with Crippen LogP contribution in [-0.2, 0) is 9.53 Å². The van der Waals surface area contributed by atoms with Crippen molar-refractivity contribution in [3.8, 4) is 5.75 Å². The van der Waals surface area contributed by atoms with Crippen LogP contribution in [0.5, 0.6) is 5.75 Å². The van der Waals surface area contributed by atoms with Crippen LogP contribution < -0.4 is 10.1 Å². The zero-order valence-corrected chi connectivity index (χ0v) is 13.5. The van der Waals surface area contributed by atoms with Crippen LogP contribution in [0.4, 0.5) is 0 Å². The summed E-state index contributed by atoms with van der Waals surface area (Å²) in [6.07, 6.45) is 1.13. The molecule has 0 aliphatic carbocycles. The molecule has 1 saturated heterocycles. The SMILES string of the molecule is CC(C)C1OCCC1CNC(=O)c1cccc(OCC(=O)O)c1. The molecule has 1 aromatic carbocycles. The molecule has 0 saturated carbocycles. The van der Waals surface area contributed by atoms with Crippen LogP contribution in [-0.4, -0.2) is 42.8 Å². The van der Waals surface area contributed by atoms with E-state index in [4.69, 9.17) is 14.6 Å². The van der Waals surface area contributed by atoms with Crippen LogP contribution in [0.3, 0.4) is 0 Å². The van der Waals surface area contributed by atoms with E-state index in [1.165, 1.54) is 0 Å². The summed E-state index contributed by atoms with van der Waals surface area (Å²) in [5.74, 6) is -0.136. The van der Waals surface area contributed by atoms with Gasteiger partial charge in [-0.25, -0.2) is 4.79 Å².